The zero-order chi connectivity index (χ0) is 22.0. The summed E-state index contributed by atoms with van der Waals surface area (Å²) < 4.78 is 5.47. The minimum Gasteiger partial charge on any atom is -0.384 e. The van der Waals surface area contributed by atoms with E-state index in [1.54, 1.807) is 6.20 Å². The number of fused-ring (bicyclic) bond motifs is 5. The van der Waals surface area contributed by atoms with Crippen LogP contribution in [0.2, 0.25) is 0 Å². The highest BCUT2D eigenvalue weighted by molar-refractivity contribution is 5.83. The minimum atomic E-state index is 0.227. The van der Waals surface area contributed by atoms with Crippen molar-refractivity contribution < 1.29 is 9.53 Å². The molecule has 4 heteroatoms. The van der Waals surface area contributed by atoms with Gasteiger partial charge in [0.1, 0.15) is 11.6 Å². The van der Waals surface area contributed by atoms with Gasteiger partial charge in [-0.1, -0.05) is 20.8 Å². The number of Topliss-reactive ketones (excluding diaryl/α,β-unsaturated/α-hetero) is 1. The molecule has 0 spiro atoms. The van der Waals surface area contributed by atoms with Crippen molar-refractivity contribution in [1.29, 1.82) is 0 Å². The molecule has 4 nitrogen and oxygen atoms in total. The van der Waals surface area contributed by atoms with E-state index in [2.05, 4.69) is 16.9 Å². The lowest BCUT2D eigenvalue weighted by atomic mass is 9.49. The minimum absolute atomic E-state index is 0.227. The van der Waals surface area contributed by atoms with Gasteiger partial charge in [0.05, 0.1) is 6.42 Å². The zero-order valence-corrected chi connectivity index (χ0v) is 20.2. The summed E-state index contributed by atoms with van der Waals surface area (Å²) in [5.41, 5.74) is 0.227. The largest absolute Gasteiger partial charge is 0.384 e. The summed E-state index contributed by atoms with van der Waals surface area (Å²) in [7, 11) is 1.86. The van der Waals surface area contributed by atoms with Crippen LogP contribution >= 0.6 is 0 Å². The van der Waals surface area contributed by atoms with Crippen molar-refractivity contribution in [3.05, 3.63) is 18.2 Å². The van der Waals surface area contributed by atoms with Crippen molar-refractivity contribution >= 4 is 5.78 Å². The summed E-state index contributed by atoms with van der Waals surface area (Å²) >= 11 is 0. The summed E-state index contributed by atoms with van der Waals surface area (Å²) in [6.07, 6.45) is 16.1. The van der Waals surface area contributed by atoms with Gasteiger partial charge in [0, 0.05) is 32.0 Å². The van der Waals surface area contributed by atoms with Crippen molar-refractivity contribution in [2.75, 3.05) is 13.7 Å². The molecule has 0 bridgehead atoms. The van der Waals surface area contributed by atoms with E-state index in [1.807, 2.05) is 27.2 Å². The van der Waals surface area contributed by atoms with E-state index < -0.39 is 0 Å². The van der Waals surface area contributed by atoms with Crippen molar-refractivity contribution in [2.24, 2.45) is 46.8 Å². The molecule has 4 aliphatic carbocycles. The Morgan fingerprint density at radius 1 is 1.10 bits per heavy atom. The molecule has 4 fully saturated rings. The molecular formula is C27H44N2O2. The van der Waals surface area contributed by atoms with Crippen LogP contribution in [0.3, 0.4) is 0 Å². The summed E-state index contributed by atoms with van der Waals surface area (Å²) in [5.74, 6) is 6.75. The number of nitrogens with one attached hydrogen (secondary N) is 1. The fourth-order valence-electron chi connectivity index (χ4n) is 8.55. The maximum absolute atomic E-state index is 13.2. The summed E-state index contributed by atoms with van der Waals surface area (Å²) in [6, 6.07) is 0. The lowest BCUT2D eigenvalue weighted by molar-refractivity contribution is -0.130. The van der Waals surface area contributed by atoms with Gasteiger partial charge >= 0.3 is 0 Å². The fourth-order valence-corrected chi connectivity index (χ4v) is 8.55. The molecule has 4 aliphatic rings. The number of ether oxygens (including phenoxy) is 1. The van der Waals surface area contributed by atoms with E-state index in [9.17, 15) is 4.79 Å². The predicted octanol–water partition coefficient (Wildman–Crippen LogP) is 6.08. The molecule has 0 amide bonds. The van der Waals surface area contributed by atoms with Crippen LogP contribution in [0.4, 0.5) is 0 Å². The average Bonchev–Trinajstić information content (AvgIpc) is 3.42. The Morgan fingerprint density at radius 2 is 1.90 bits per heavy atom. The maximum atomic E-state index is 13.2. The number of ketones is 1. The molecule has 0 radical (unpaired) electrons. The highest BCUT2D eigenvalue weighted by Crippen LogP contribution is 2.64. The molecule has 174 valence electrons. The van der Waals surface area contributed by atoms with E-state index in [0.29, 0.717) is 12.2 Å². The Morgan fingerprint density at radius 3 is 2.65 bits per heavy atom. The van der Waals surface area contributed by atoms with Crippen molar-refractivity contribution in [3.8, 4) is 0 Å². The molecule has 0 saturated heterocycles. The first kappa shape index (κ1) is 23.0. The summed E-state index contributed by atoms with van der Waals surface area (Å²) in [6.45, 7) is 7.42. The van der Waals surface area contributed by atoms with E-state index >= 15 is 0 Å². The zero-order valence-electron chi connectivity index (χ0n) is 20.2. The third-order valence-corrected chi connectivity index (χ3v) is 9.75. The molecular weight excluding hydrogens is 384 g/mol. The molecule has 1 aromatic heterocycles. The highest BCUT2D eigenvalue weighted by Gasteiger charge is 2.58. The first-order valence-corrected chi connectivity index (χ1v) is 13.1. The Bertz CT molecular complexity index is 717. The van der Waals surface area contributed by atoms with Crippen LogP contribution in [0.5, 0.6) is 0 Å². The number of hydrogen-bond donors (Lipinski definition) is 1. The Balaban J connectivity index is 0.00000112. The normalized spacial score (nSPS) is 41.4. The monoisotopic (exact) mass is 428 g/mol. The molecule has 5 rings (SSSR count). The van der Waals surface area contributed by atoms with Crippen LogP contribution in [-0.4, -0.2) is 29.5 Å². The van der Waals surface area contributed by atoms with Gasteiger partial charge in [-0.15, -0.1) is 0 Å². The first-order valence-electron chi connectivity index (χ1n) is 13.1. The second kappa shape index (κ2) is 9.77. The van der Waals surface area contributed by atoms with E-state index in [4.69, 9.17) is 4.74 Å². The molecule has 31 heavy (non-hydrogen) atoms. The number of carbonyl (C=O) groups is 1. The van der Waals surface area contributed by atoms with Gasteiger partial charge in [0.25, 0.3) is 0 Å². The maximum Gasteiger partial charge on any atom is 0.144 e. The molecule has 8 unspecified atom stereocenters. The van der Waals surface area contributed by atoms with E-state index in [-0.39, 0.29) is 11.3 Å². The Labute approximate surface area is 189 Å². The molecule has 1 aromatic rings. The van der Waals surface area contributed by atoms with Gasteiger partial charge in [-0.3, -0.25) is 4.79 Å². The van der Waals surface area contributed by atoms with Gasteiger partial charge < -0.3 is 9.72 Å². The van der Waals surface area contributed by atoms with Crippen LogP contribution in [0.1, 0.15) is 84.4 Å². The molecule has 1 heterocycles. The lowest BCUT2D eigenvalue weighted by Gasteiger charge is -2.56. The predicted molar refractivity (Wildman–Crippen MR) is 125 cm³/mol. The van der Waals surface area contributed by atoms with E-state index in [0.717, 1.165) is 54.4 Å². The smallest absolute Gasteiger partial charge is 0.144 e. The number of nitrogens with zero attached hydrogens (tertiary/aromatic N) is 1. The molecule has 0 aromatic carbocycles. The quantitative estimate of drug-likeness (QED) is 0.618. The SMILES string of the molecule is CC.COCC1CCC2C(CCC3C2CCC2(C)C(C(=O)Cc4ncc[nH]4)CCC32)C1. The van der Waals surface area contributed by atoms with Gasteiger partial charge in [0.2, 0.25) is 0 Å². The van der Waals surface area contributed by atoms with Gasteiger partial charge in [0.15, 0.2) is 0 Å². The number of aromatic amines is 1. The number of carbonyl (C=O) groups excluding carboxylic acids is 1. The second-order valence-corrected chi connectivity index (χ2v) is 10.9. The molecule has 8 atom stereocenters. The summed E-state index contributed by atoms with van der Waals surface area (Å²) in [5, 5.41) is 0. The van der Waals surface area contributed by atoms with Crippen LogP contribution in [0.25, 0.3) is 0 Å². The fraction of sp³-hybridized carbons (Fsp3) is 0.852. The van der Waals surface area contributed by atoms with Crippen LogP contribution in [-0.2, 0) is 16.0 Å². The third-order valence-electron chi connectivity index (χ3n) is 9.75. The van der Waals surface area contributed by atoms with Crippen molar-refractivity contribution in [1.82, 2.24) is 9.97 Å². The van der Waals surface area contributed by atoms with Crippen LogP contribution in [0.15, 0.2) is 12.4 Å². The Hall–Kier alpha value is -1.16. The summed E-state index contributed by atoms with van der Waals surface area (Å²) in [4.78, 5) is 20.6. The number of methoxy groups -OCH3 is 1. The molecule has 1 N–H and O–H groups in total. The number of imidazole rings is 1. The van der Waals surface area contributed by atoms with Gasteiger partial charge in [-0.2, -0.15) is 0 Å². The van der Waals surface area contributed by atoms with Crippen molar-refractivity contribution in [2.45, 2.75) is 85.0 Å². The average molecular weight is 429 g/mol. The first-order chi connectivity index (χ1) is 15.1. The Kier molecular flexibility index (Phi) is 7.25. The van der Waals surface area contributed by atoms with Crippen molar-refractivity contribution in [3.63, 3.8) is 0 Å². The standard InChI is InChI=1S/C25H38N2O2.C2H6/c1-25-10-9-19-18-5-3-16(15-29-2)13-17(18)4-6-20(19)21(25)7-8-22(25)23(28)14-24-26-11-12-27-24;1-2/h11-12,16-22H,3-10,13-15H2,1-2H3,(H,26,27);1-2H3. The number of H-pyrrole nitrogens is 1. The molecule has 4 saturated carbocycles. The van der Waals surface area contributed by atoms with E-state index in [1.165, 1.54) is 51.4 Å². The topological polar surface area (TPSA) is 55.0 Å². The highest BCUT2D eigenvalue weighted by atomic mass is 16.5. The van der Waals surface area contributed by atoms with Crippen LogP contribution < -0.4 is 0 Å². The number of aromatic nitrogens is 2. The number of rotatable bonds is 5. The lowest BCUT2D eigenvalue weighted by Crippen LogP contribution is -2.49. The van der Waals surface area contributed by atoms with Gasteiger partial charge in [-0.25, -0.2) is 4.98 Å². The van der Waals surface area contributed by atoms with Gasteiger partial charge in [-0.05, 0) is 98.7 Å². The molecule has 0 aliphatic heterocycles. The van der Waals surface area contributed by atoms with Crippen LogP contribution in [0, 0.1) is 46.8 Å². The second-order valence-electron chi connectivity index (χ2n) is 10.9. The number of hydrogen-bond acceptors (Lipinski definition) is 3. The third kappa shape index (κ3) is 4.26.